The van der Waals surface area contributed by atoms with Gasteiger partial charge in [-0.2, -0.15) is 0 Å². The van der Waals surface area contributed by atoms with Crippen LogP contribution in [-0.4, -0.2) is 30.7 Å². The number of ether oxygens (including phenoxy) is 1. The van der Waals surface area contributed by atoms with Gasteiger partial charge >= 0.3 is 0 Å². The maximum absolute atomic E-state index is 5.90. The lowest BCUT2D eigenvalue weighted by Gasteiger charge is -2.24. The second kappa shape index (κ2) is 6.29. The van der Waals surface area contributed by atoms with Gasteiger partial charge in [0.15, 0.2) is 0 Å². The van der Waals surface area contributed by atoms with Crippen molar-refractivity contribution in [3.05, 3.63) is 11.8 Å². The van der Waals surface area contributed by atoms with E-state index in [0.717, 1.165) is 13.2 Å². The SMILES string of the molecule is CCCCO[C@@H]1CCN(C2=CCCCC2)C1. The first-order valence-corrected chi connectivity index (χ1v) is 6.95. The molecule has 0 aromatic rings. The van der Waals surface area contributed by atoms with Crippen molar-refractivity contribution in [2.24, 2.45) is 0 Å². The topological polar surface area (TPSA) is 12.5 Å². The van der Waals surface area contributed by atoms with Gasteiger partial charge in [0.1, 0.15) is 0 Å². The summed E-state index contributed by atoms with van der Waals surface area (Å²) in [5, 5.41) is 0. The third-order valence-electron chi connectivity index (χ3n) is 3.67. The van der Waals surface area contributed by atoms with Crippen molar-refractivity contribution in [3.63, 3.8) is 0 Å². The summed E-state index contributed by atoms with van der Waals surface area (Å²) in [6.45, 7) is 5.52. The van der Waals surface area contributed by atoms with Crippen molar-refractivity contribution in [1.82, 2.24) is 4.90 Å². The number of allylic oxidation sites excluding steroid dienone is 2. The highest BCUT2D eigenvalue weighted by Crippen LogP contribution is 2.25. The minimum Gasteiger partial charge on any atom is -0.376 e. The average Bonchev–Trinajstić information content (AvgIpc) is 2.79. The van der Waals surface area contributed by atoms with E-state index in [0.29, 0.717) is 6.10 Å². The van der Waals surface area contributed by atoms with Gasteiger partial charge in [-0.15, -0.1) is 0 Å². The molecule has 2 rings (SSSR count). The molecule has 0 spiro atoms. The van der Waals surface area contributed by atoms with E-state index in [2.05, 4.69) is 17.9 Å². The van der Waals surface area contributed by atoms with E-state index in [9.17, 15) is 0 Å². The Balaban J connectivity index is 1.72. The van der Waals surface area contributed by atoms with E-state index in [-0.39, 0.29) is 0 Å². The Kier molecular flexibility index (Phi) is 4.70. The number of hydrogen-bond acceptors (Lipinski definition) is 2. The van der Waals surface area contributed by atoms with Crippen LogP contribution >= 0.6 is 0 Å². The molecule has 1 fully saturated rings. The molecular weight excluding hydrogens is 198 g/mol. The fourth-order valence-corrected chi connectivity index (χ4v) is 2.63. The van der Waals surface area contributed by atoms with Crippen molar-refractivity contribution < 1.29 is 4.74 Å². The van der Waals surface area contributed by atoms with E-state index >= 15 is 0 Å². The zero-order valence-electron chi connectivity index (χ0n) is 10.6. The van der Waals surface area contributed by atoms with Gasteiger partial charge in [0.25, 0.3) is 0 Å². The van der Waals surface area contributed by atoms with Gasteiger partial charge in [-0.3, -0.25) is 0 Å². The van der Waals surface area contributed by atoms with Gasteiger partial charge in [-0.05, 0) is 38.5 Å². The standard InChI is InChI=1S/C14H25NO/c1-2-3-11-16-14-9-10-15(12-14)13-7-5-4-6-8-13/h7,14H,2-6,8-12H2,1H3/t14-/m1/s1. The Morgan fingerprint density at radius 2 is 2.38 bits per heavy atom. The molecule has 0 N–H and O–H groups in total. The van der Waals surface area contributed by atoms with Crippen LogP contribution in [0.5, 0.6) is 0 Å². The van der Waals surface area contributed by atoms with Crippen molar-refractivity contribution >= 4 is 0 Å². The number of likely N-dealkylation sites (tertiary alicyclic amines) is 1. The molecule has 2 heteroatoms. The molecule has 1 heterocycles. The first-order valence-electron chi connectivity index (χ1n) is 6.95. The van der Waals surface area contributed by atoms with Crippen molar-refractivity contribution in [1.29, 1.82) is 0 Å². The molecule has 0 aromatic carbocycles. The van der Waals surface area contributed by atoms with Crippen LogP contribution in [0.2, 0.25) is 0 Å². The lowest BCUT2D eigenvalue weighted by Crippen LogP contribution is -2.24. The number of nitrogens with zero attached hydrogens (tertiary/aromatic N) is 1. The van der Waals surface area contributed by atoms with Gasteiger partial charge in [0, 0.05) is 25.4 Å². The molecule has 0 bridgehead atoms. The smallest absolute Gasteiger partial charge is 0.0766 e. The van der Waals surface area contributed by atoms with E-state index in [1.807, 2.05) is 0 Å². The molecule has 16 heavy (non-hydrogen) atoms. The highest BCUT2D eigenvalue weighted by atomic mass is 16.5. The minimum atomic E-state index is 0.495. The quantitative estimate of drug-likeness (QED) is 0.663. The van der Waals surface area contributed by atoms with E-state index < -0.39 is 0 Å². The van der Waals surface area contributed by atoms with E-state index in [4.69, 9.17) is 4.74 Å². The van der Waals surface area contributed by atoms with Crippen LogP contribution in [0.3, 0.4) is 0 Å². The summed E-state index contributed by atoms with van der Waals surface area (Å²) in [7, 11) is 0. The lowest BCUT2D eigenvalue weighted by molar-refractivity contribution is 0.0591. The predicted molar refractivity (Wildman–Crippen MR) is 67.4 cm³/mol. The largest absolute Gasteiger partial charge is 0.376 e. The number of hydrogen-bond donors (Lipinski definition) is 0. The van der Waals surface area contributed by atoms with Crippen molar-refractivity contribution in [2.45, 2.75) is 58.0 Å². The van der Waals surface area contributed by atoms with Gasteiger partial charge in [0.05, 0.1) is 6.10 Å². The Bertz CT molecular complexity index is 237. The highest BCUT2D eigenvalue weighted by Gasteiger charge is 2.24. The highest BCUT2D eigenvalue weighted by molar-refractivity contribution is 5.06. The average molecular weight is 223 g/mol. The van der Waals surface area contributed by atoms with Gasteiger partial charge in [-0.1, -0.05) is 19.4 Å². The first kappa shape index (κ1) is 12.0. The summed E-state index contributed by atoms with van der Waals surface area (Å²) in [4.78, 5) is 2.55. The van der Waals surface area contributed by atoms with E-state index in [1.165, 1.54) is 51.5 Å². The molecule has 0 aromatic heterocycles. The van der Waals surface area contributed by atoms with Crippen LogP contribution in [0, 0.1) is 0 Å². The molecule has 2 aliphatic rings. The predicted octanol–water partition coefficient (Wildman–Crippen LogP) is 3.34. The monoisotopic (exact) mass is 223 g/mol. The summed E-state index contributed by atoms with van der Waals surface area (Å²) in [6, 6.07) is 0. The van der Waals surface area contributed by atoms with Crippen LogP contribution in [0.25, 0.3) is 0 Å². The van der Waals surface area contributed by atoms with Crippen LogP contribution in [0.1, 0.15) is 51.9 Å². The Hall–Kier alpha value is -0.500. The zero-order chi connectivity index (χ0) is 11.2. The summed E-state index contributed by atoms with van der Waals surface area (Å²) in [5.41, 5.74) is 1.59. The third-order valence-corrected chi connectivity index (χ3v) is 3.67. The van der Waals surface area contributed by atoms with Crippen molar-refractivity contribution in [3.8, 4) is 0 Å². The normalized spacial score (nSPS) is 25.9. The molecule has 1 aliphatic carbocycles. The maximum Gasteiger partial charge on any atom is 0.0766 e. The minimum absolute atomic E-state index is 0.495. The van der Waals surface area contributed by atoms with E-state index in [1.54, 1.807) is 5.70 Å². The molecule has 0 saturated carbocycles. The molecule has 1 atom stereocenters. The fraction of sp³-hybridized carbons (Fsp3) is 0.857. The second-order valence-electron chi connectivity index (χ2n) is 5.02. The Morgan fingerprint density at radius 3 is 3.12 bits per heavy atom. The molecule has 0 unspecified atom stereocenters. The summed E-state index contributed by atoms with van der Waals surface area (Å²) < 4.78 is 5.90. The second-order valence-corrected chi connectivity index (χ2v) is 5.02. The Labute approximate surface area is 99.7 Å². The van der Waals surface area contributed by atoms with Crippen LogP contribution in [0.15, 0.2) is 11.8 Å². The zero-order valence-corrected chi connectivity index (χ0v) is 10.6. The van der Waals surface area contributed by atoms with Gasteiger partial charge < -0.3 is 9.64 Å². The summed E-state index contributed by atoms with van der Waals surface area (Å²) >= 11 is 0. The molecule has 0 radical (unpaired) electrons. The molecule has 0 amide bonds. The fourth-order valence-electron chi connectivity index (χ4n) is 2.63. The third kappa shape index (κ3) is 3.24. The first-order chi connectivity index (χ1) is 7.90. The number of unbranched alkanes of at least 4 members (excludes halogenated alkanes) is 1. The summed E-state index contributed by atoms with van der Waals surface area (Å²) in [5.74, 6) is 0. The van der Waals surface area contributed by atoms with Crippen LogP contribution in [0.4, 0.5) is 0 Å². The molecule has 1 aliphatic heterocycles. The van der Waals surface area contributed by atoms with Gasteiger partial charge in [-0.25, -0.2) is 0 Å². The molecule has 2 nitrogen and oxygen atoms in total. The molecular formula is C14H25NO. The molecule has 92 valence electrons. The lowest BCUT2D eigenvalue weighted by atomic mass is 10.0. The number of rotatable bonds is 5. The van der Waals surface area contributed by atoms with Crippen molar-refractivity contribution in [2.75, 3.05) is 19.7 Å². The Morgan fingerprint density at radius 1 is 1.44 bits per heavy atom. The summed E-state index contributed by atoms with van der Waals surface area (Å²) in [6.07, 6.45) is 11.9. The maximum atomic E-state index is 5.90. The van der Waals surface area contributed by atoms with Gasteiger partial charge in [0.2, 0.25) is 0 Å². The van der Waals surface area contributed by atoms with Crippen LogP contribution < -0.4 is 0 Å². The molecule has 1 saturated heterocycles. The van der Waals surface area contributed by atoms with Crippen LogP contribution in [-0.2, 0) is 4.74 Å².